The molecule has 1 rings (SSSR count). The smallest absolute Gasteiger partial charge is 0.0512 e. The molecule has 1 aliphatic carbocycles. The van der Waals surface area contributed by atoms with E-state index in [9.17, 15) is 10.2 Å². The molecule has 0 atom stereocenters. The topological polar surface area (TPSA) is 40.5 Å². The lowest BCUT2D eigenvalue weighted by Crippen LogP contribution is -2.37. The minimum atomic E-state index is -0.218. The zero-order chi connectivity index (χ0) is 12.2. The quantitative estimate of drug-likeness (QED) is 0.759. The van der Waals surface area contributed by atoms with Crippen LogP contribution in [0.15, 0.2) is 0 Å². The molecule has 0 spiro atoms. The van der Waals surface area contributed by atoms with Gasteiger partial charge in [-0.2, -0.15) is 0 Å². The van der Waals surface area contributed by atoms with E-state index in [-0.39, 0.29) is 24.0 Å². The second-order valence-electron chi connectivity index (χ2n) is 6.72. The lowest BCUT2D eigenvalue weighted by atomic mass is 9.69. The van der Waals surface area contributed by atoms with E-state index >= 15 is 0 Å². The first-order valence-corrected chi connectivity index (χ1v) is 6.65. The van der Waals surface area contributed by atoms with Crippen molar-refractivity contribution in [2.24, 2.45) is 16.7 Å². The average Bonchev–Trinajstić information content (AvgIpc) is 2.72. The predicted molar refractivity (Wildman–Crippen MR) is 67.3 cm³/mol. The number of aliphatic hydroxyl groups excluding tert-OH is 2. The lowest BCUT2D eigenvalue weighted by molar-refractivity contribution is -0.00914. The molecule has 2 nitrogen and oxygen atoms in total. The van der Waals surface area contributed by atoms with Crippen LogP contribution in [0, 0.1) is 16.7 Å². The fourth-order valence-corrected chi connectivity index (χ4v) is 2.83. The molecule has 0 aliphatic heterocycles. The first-order valence-electron chi connectivity index (χ1n) is 6.65. The van der Waals surface area contributed by atoms with Crippen LogP contribution in [0.25, 0.3) is 0 Å². The minimum Gasteiger partial charge on any atom is -0.396 e. The molecule has 0 aromatic rings. The molecule has 0 aromatic carbocycles. The maximum Gasteiger partial charge on any atom is 0.0512 e. The maximum absolute atomic E-state index is 9.67. The van der Waals surface area contributed by atoms with E-state index in [2.05, 4.69) is 20.8 Å². The van der Waals surface area contributed by atoms with Crippen molar-refractivity contribution < 1.29 is 10.2 Å². The fourth-order valence-electron chi connectivity index (χ4n) is 2.83. The molecule has 0 saturated heterocycles. The Balaban J connectivity index is 2.63. The Kier molecular flexibility index (Phi) is 4.81. The molecule has 2 heteroatoms. The summed E-state index contributed by atoms with van der Waals surface area (Å²) in [5.41, 5.74) is 0.0674. The maximum atomic E-state index is 9.67. The predicted octanol–water partition coefficient (Wildman–Crippen LogP) is 2.97. The molecule has 0 aromatic heterocycles. The van der Waals surface area contributed by atoms with E-state index in [4.69, 9.17) is 0 Å². The van der Waals surface area contributed by atoms with Crippen LogP contribution in [0.4, 0.5) is 0 Å². The summed E-state index contributed by atoms with van der Waals surface area (Å²) in [4.78, 5) is 0. The first kappa shape index (κ1) is 14.0. The van der Waals surface area contributed by atoms with Gasteiger partial charge in [-0.3, -0.25) is 0 Å². The van der Waals surface area contributed by atoms with Crippen molar-refractivity contribution in [3.05, 3.63) is 0 Å². The summed E-state index contributed by atoms with van der Waals surface area (Å²) < 4.78 is 0. The lowest BCUT2D eigenvalue weighted by Gasteiger charge is -2.38. The largest absolute Gasteiger partial charge is 0.396 e. The Morgan fingerprint density at radius 2 is 1.44 bits per heavy atom. The third-order valence-electron chi connectivity index (χ3n) is 4.22. The molecular formula is C14H28O2. The van der Waals surface area contributed by atoms with Crippen LogP contribution in [0.3, 0.4) is 0 Å². The van der Waals surface area contributed by atoms with Gasteiger partial charge in [0.15, 0.2) is 0 Å². The molecule has 96 valence electrons. The van der Waals surface area contributed by atoms with Crippen LogP contribution in [-0.4, -0.2) is 23.4 Å². The van der Waals surface area contributed by atoms with E-state index in [1.165, 1.54) is 25.7 Å². The summed E-state index contributed by atoms with van der Waals surface area (Å²) in [5, 5.41) is 19.3. The van der Waals surface area contributed by atoms with E-state index in [1.807, 2.05) is 0 Å². The third-order valence-corrected chi connectivity index (χ3v) is 4.22. The van der Waals surface area contributed by atoms with Gasteiger partial charge in [-0.05, 0) is 37.0 Å². The van der Waals surface area contributed by atoms with Gasteiger partial charge in [0.1, 0.15) is 0 Å². The van der Waals surface area contributed by atoms with Crippen molar-refractivity contribution >= 4 is 0 Å². The van der Waals surface area contributed by atoms with Crippen LogP contribution in [0.2, 0.25) is 0 Å². The molecule has 0 unspecified atom stereocenters. The van der Waals surface area contributed by atoms with Crippen LogP contribution in [-0.2, 0) is 0 Å². The normalized spacial score (nSPS) is 19.3. The summed E-state index contributed by atoms with van der Waals surface area (Å²) in [6.07, 6.45) is 6.93. The van der Waals surface area contributed by atoms with Crippen molar-refractivity contribution in [2.45, 2.75) is 59.3 Å². The minimum absolute atomic E-state index is 0.143. The van der Waals surface area contributed by atoms with Gasteiger partial charge in [-0.1, -0.05) is 33.6 Å². The van der Waals surface area contributed by atoms with E-state index in [0.29, 0.717) is 5.92 Å². The van der Waals surface area contributed by atoms with Crippen LogP contribution >= 0.6 is 0 Å². The SMILES string of the molecule is CC(C)(C)CCC(CO)(CO)C1CCCC1. The highest BCUT2D eigenvalue weighted by Gasteiger charge is 2.39. The number of hydrogen-bond acceptors (Lipinski definition) is 2. The summed E-state index contributed by atoms with van der Waals surface area (Å²) in [6.45, 7) is 6.96. The van der Waals surface area contributed by atoms with Crippen molar-refractivity contribution in [3.63, 3.8) is 0 Å². The van der Waals surface area contributed by atoms with Gasteiger partial charge in [-0.15, -0.1) is 0 Å². The summed E-state index contributed by atoms with van der Waals surface area (Å²) >= 11 is 0. The third kappa shape index (κ3) is 3.46. The Bertz CT molecular complexity index is 195. The molecule has 1 aliphatic rings. The number of rotatable bonds is 5. The van der Waals surface area contributed by atoms with Gasteiger partial charge in [0, 0.05) is 5.41 Å². The second-order valence-corrected chi connectivity index (χ2v) is 6.72. The van der Waals surface area contributed by atoms with Gasteiger partial charge in [-0.25, -0.2) is 0 Å². The Morgan fingerprint density at radius 3 is 1.81 bits per heavy atom. The molecule has 1 fully saturated rings. The van der Waals surface area contributed by atoms with Gasteiger partial charge in [0.2, 0.25) is 0 Å². The average molecular weight is 228 g/mol. The standard InChI is InChI=1S/C14H28O2/c1-13(2,3)8-9-14(10-15,11-16)12-6-4-5-7-12/h12,15-16H,4-11H2,1-3H3. The Hall–Kier alpha value is -0.0800. The van der Waals surface area contributed by atoms with Crippen molar-refractivity contribution in [1.82, 2.24) is 0 Å². The molecule has 0 heterocycles. The van der Waals surface area contributed by atoms with Crippen molar-refractivity contribution in [1.29, 1.82) is 0 Å². The molecule has 1 saturated carbocycles. The molecule has 2 N–H and O–H groups in total. The monoisotopic (exact) mass is 228 g/mol. The Labute approximate surface area is 100 Å². The zero-order valence-corrected chi connectivity index (χ0v) is 11.1. The van der Waals surface area contributed by atoms with E-state index < -0.39 is 0 Å². The molecule has 0 amide bonds. The van der Waals surface area contributed by atoms with E-state index in [1.54, 1.807) is 0 Å². The van der Waals surface area contributed by atoms with Gasteiger partial charge >= 0.3 is 0 Å². The molecule has 16 heavy (non-hydrogen) atoms. The first-order chi connectivity index (χ1) is 7.43. The van der Waals surface area contributed by atoms with Crippen LogP contribution in [0.5, 0.6) is 0 Å². The summed E-state index contributed by atoms with van der Waals surface area (Å²) in [7, 11) is 0. The molecule has 0 bridgehead atoms. The zero-order valence-electron chi connectivity index (χ0n) is 11.1. The highest BCUT2D eigenvalue weighted by atomic mass is 16.3. The highest BCUT2D eigenvalue weighted by Crippen LogP contribution is 2.44. The van der Waals surface area contributed by atoms with Crippen molar-refractivity contribution in [3.8, 4) is 0 Å². The fraction of sp³-hybridized carbons (Fsp3) is 1.00. The van der Waals surface area contributed by atoms with Gasteiger partial charge in [0.25, 0.3) is 0 Å². The second kappa shape index (κ2) is 5.50. The molecular weight excluding hydrogens is 200 g/mol. The summed E-state index contributed by atoms with van der Waals surface area (Å²) in [6, 6.07) is 0. The van der Waals surface area contributed by atoms with Crippen molar-refractivity contribution in [2.75, 3.05) is 13.2 Å². The van der Waals surface area contributed by atoms with Gasteiger partial charge < -0.3 is 10.2 Å². The summed E-state index contributed by atoms with van der Waals surface area (Å²) in [5.74, 6) is 0.532. The van der Waals surface area contributed by atoms with E-state index in [0.717, 1.165) is 12.8 Å². The highest BCUT2D eigenvalue weighted by molar-refractivity contribution is 4.89. The molecule has 0 radical (unpaired) electrons. The number of aliphatic hydroxyl groups is 2. The van der Waals surface area contributed by atoms with Crippen LogP contribution < -0.4 is 0 Å². The van der Waals surface area contributed by atoms with Crippen LogP contribution in [0.1, 0.15) is 59.3 Å². The van der Waals surface area contributed by atoms with Gasteiger partial charge in [0.05, 0.1) is 13.2 Å². The number of hydrogen-bond donors (Lipinski definition) is 2. The Morgan fingerprint density at radius 1 is 0.938 bits per heavy atom.